The molecule has 2 heterocycles. The summed E-state index contributed by atoms with van der Waals surface area (Å²) in [5.74, 6) is 2.01. The van der Waals surface area contributed by atoms with E-state index in [-0.39, 0.29) is 12.2 Å². The highest BCUT2D eigenvalue weighted by Gasteiger charge is 2.18. The lowest BCUT2D eigenvalue weighted by molar-refractivity contribution is 0.175. The summed E-state index contributed by atoms with van der Waals surface area (Å²) in [6.07, 6.45) is 0. The van der Waals surface area contributed by atoms with E-state index < -0.39 is 0 Å². The second-order valence-electron chi connectivity index (χ2n) is 5.66. The molecule has 5 rings (SSSR count). The van der Waals surface area contributed by atoms with E-state index in [9.17, 15) is 4.79 Å². The molecule has 0 amide bonds. The van der Waals surface area contributed by atoms with E-state index in [1.54, 1.807) is 25.3 Å². The minimum absolute atomic E-state index is 0.0766. The maximum absolute atomic E-state index is 12.9. The van der Waals surface area contributed by atoms with Crippen LogP contribution in [0.25, 0.3) is 32.7 Å². The average molecular weight is 320 g/mol. The number of benzene rings is 3. The van der Waals surface area contributed by atoms with Crippen LogP contribution in [0, 0.1) is 0 Å². The van der Waals surface area contributed by atoms with Crippen molar-refractivity contribution in [3.8, 4) is 17.2 Å². The molecule has 4 aromatic rings. The van der Waals surface area contributed by atoms with Gasteiger partial charge in [-0.2, -0.15) is 0 Å². The Morgan fingerprint density at radius 2 is 1.79 bits per heavy atom. The zero-order valence-electron chi connectivity index (χ0n) is 12.8. The van der Waals surface area contributed by atoms with Crippen LogP contribution in [0.2, 0.25) is 0 Å². The predicted molar refractivity (Wildman–Crippen MR) is 90.2 cm³/mol. The molecule has 0 saturated heterocycles. The second-order valence-corrected chi connectivity index (χ2v) is 5.66. The molecule has 24 heavy (non-hydrogen) atoms. The Labute approximate surface area is 136 Å². The van der Waals surface area contributed by atoms with Crippen LogP contribution >= 0.6 is 0 Å². The predicted octanol–water partition coefficient (Wildman–Crippen LogP) is 3.84. The third-order valence-corrected chi connectivity index (χ3v) is 4.35. The van der Waals surface area contributed by atoms with Gasteiger partial charge < -0.3 is 18.6 Å². The summed E-state index contributed by atoms with van der Waals surface area (Å²) in [7, 11) is 1.58. The van der Waals surface area contributed by atoms with Gasteiger partial charge in [-0.25, -0.2) is 0 Å². The van der Waals surface area contributed by atoms with Crippen molar-refractivity contribution in [2.45, 2.75) is 0 Å². The van der Waals surface area contributed by atoms with Gasteiger partial charge in [0.1, 0.15) is 16.9 Å². The molecule has 1 aliphatic heterocycles. The molecule has 1 aliphatic rings. The molecule has 0 spiro atoms. The normalized spacial score (nSPS) is 13.0. The van der Waals surface area contributed by atoms with Gasteiger partial charge in [0, 0.05) is 11.5 Å². The van der Waals surface area contributed by atoms with Gasteiger partial charge in [-0.3, -0.25) is 4.79 Å². The molecule has 0 bridgehead atoms. The van der Waals surface area contributed by atoms with E-state index in [0.717, 1.165) is 10.8 Å². The number of methoxy groups -OCH3 is 1. The van der Waals surface area contributed by atoms with Crippen LogP contribution in [-0.4, -0.2) is 13.9 Å². The first kappa shape index (κ1) is 13.2. The number of rotatable bonds is 1. The summed E-state index contributed by atoms with van der Waals surface area (Å²) in [5, 5.41) is 2.81. The first-order chi connectivity index (χ1) is 11.7. The van der Waals surface area contributed by atoms with E-state index in [1.807, 2.05) is 24.3 Å². The van der Waals surface area contributed by atoms with Gasteiger partial charge >= 0.3 is 0 Å². The van der Waals surface area contributed by atoms with Gasteiger partial charge in [-0.05, 0) is 35.7 Å². The maximum Gasteiger partial charge on any atom is 0.231 e. The molecule has 5 nitrogen and oxygen atoms in total. The summed E-state index contributed by atoms with van der Waals surface area (Å²) in [6, 6.07) is 12.6. The van der Waals surface area contributed by atoms with Crippen molar-refractivity contribution >= 4 is 32.7 Å². The van der Waals surface area contributed by atoms with Crippen molar-refractivity contribution in [3.05, 3.63) is 52.7 Å². The van der Waals surface area contributed by atoms with E-state index in [2.05, 4.69) is 0 Å². The SMILES string of the molecule is COc1ccc2c(=O)c3cc4c5c(ccc4cc3oc2c1)OCO5. The van der Waals surface area contributed by atoms with Crippen LogP contribution in [0.3, 0.4) is 0 Å². The van der Waals surface area contributed by atoms with Gasteiger partial charge in [0.2, 0.25) is 12.2 Å². The molecule has 0 atom stereocenters. The standard InChI is InChI=1S/C19H12O5/c1-21-11-3-4-12-17(7-11)24-16-6-10-2-5-15-19(23-9-22-15)13(10)8-14(16)18(12)20/h2-8H,9H2,1H3. The molecule has 0 aliphatic carbocycles. The van der Waals surface area contributed by atoms with Crippen LogP contribution in [-0.2, 0) is 0 Å². The number of hydrogen-bond acceptors (Lipinski definition) is 5. The zero-order valence-corrected chi connectivity index (χ0v) is 12.8. The lowest BCUT2D eigenvalue weighted by Gasteiger charge is -2.07. The summed E-state index contributed by atoms with van der Waals surface area (Å²) < 4.78 is 22.1. The third-order valence-electron chi connectivity index (χ3n) is 4.35. The van der Waals surface area contributed by atoms with Crippen LogP contribution in [0.1, 0.15) is 0 Å². The molecule has 3 aromatic carbocycles. The lowest BCUT2D eigenvalue weighted by atomic mass is 10.0. The molecule has 0 N–H and O–H groups in total. The molecule has 118 valence electrons. The molecule has 0 fully saturated rings. The highest BCUT2D eigenvalue weighted by Crippen LogP contribution is 2.40. The Bertz CT molecular complexity index is 1190. The van der Waals surface area contributed by atoms with Crippen molar-refractivity contribution < 1.29 is 18.6 Å². The average Bonchev–Trinajstić information content (AvgIpc) is 3.09. The van der Waals surface area contributed by atoms with E-state index in [4.69, 9.17) is 18.6 Å². The second kappa shape index (κ2) is 4.64. The number of fused-ring (bicyclic) bond motifs is 5. The first-order valence-electron chi connectivity index (χ1n) is 7.51. The fraction of sp³-hybridized carbons (Fsp3) is 0.105. The Hall–Kier alpha value is -3.21. The monoisotopic (exact) mass is 320 g/mol. The smallest absolute Gasteiger partial charge is 0.231 e. The summed E-state index contributed by atoms with van der Waals surface area (Å²) in [5.41, 5.74) is 0.964. The largest absolute Gasteiger partial charge is 0.497 e. The van der Waals surface area contributed by atoms with Gasteiger partial charge in [-0.1, -0.05) is 6.07 Å². The molecule has 0 radical (unpaired) electrons. The number of ether oxygens (including phenoxy) is 3. The zero-order chi connectivity index (χ0) is 16.3. The minimum atomic E-state index is -0.0766. The van der Waals surface area contributed by atoms with Gasteiger partial charge in [-0.15, -0.1) is 0 Å². The summed E-state index contributed by atoms with van der Waals surface area (Å²) in [6.45, 7) is 0.193. The minimum Gasteiger partial charge on any atom is -0.497 e. The highest BCUT2D eigenvalue weighted by atomic mass is 16.7. The van der Waals surface area contributed by atoms with Crippen LogP contribution in [0.4, 0.5) is 0 Å². The van der Waals surface area contributed by atoms with Crippen LogP contribution < -0.4 is 19.6 Å². The first-order valence-corrected chi connectivity index (χ1v) is 7.51. The number of hydrogen-bond donors (Lipinski definition) is 0. The molecule has 1 aromatic heterocycles. The summed E-state index contributed by atoms with van der Waals surface area (Å²) in [4.78, 5) is 12.9. The molecule has 0 saturated carbocycles. The van der Waals surface area contributed by atoms with Crippen molar-refractivity contribution in [2.24, 2.45) is 0 Å². The van der Waals surface area contributed by atoms with E-state index in [1.165, 1.54) is 0 Å². The fourth-order valence-electron chi connectivity index (χ4n) is 3.15. The Morgan fingerprint density at radius 3 is 2.67 bits per heavy atom. The van der Waals surface area contributed by atoms with Crippen molar-refractivity contribution in [2.75, 3.05) is 13.9 Å². The van der Waals surface area contributed by atoms with Crippen LogP contribution in [0.15, 0.2) is 51.7 Å². The third kappa shape index (κ3) is 1.72. The topological polar surface area (TPSA) is 57.9 Å². The Morgan fingerprint density at radius 1 is 0.917 bits per heavy atom. The maximum atomic E-state index is 12.9. The Balaban J connectivity index is 1.92. The highest BCUT2D eigenvalue weighted by molar-refractivity contribution is 6.02. The van der Waals surface area contributed by atoms with Gasteiger partial charge in [0.05, 0.1) is 17.9 Å². The molecular weight excluding hydrogens is 308 g/mol. The molecule has 0 unspecified atom stereocenters. The lowest BCUT2D eigenvalue weighted by Crippen LogP contribution is -2.02. The van der Waals surface area contributed by atoms with E-state index in [0.29, 0.717) is 39.2 Å². The van der Waals surface area contributed by atoms with Crippen LogP contribution in [0.5, 0.6) is 17.2 Å². The molecule has 5 heteroatoms. The Kier molecular flexibility index (Phi) is 2.56. The van der Waals surface area contributed by atoms with Crippen molar-refractivity contribution in [1.82, 2.24) is 0 Å². The van der Waals surface area contributed by atoms with Gasteiger partial charge in [0.25, 0.3) is 0 Å². The van der Waals surface area contributed by atoms with Gasteiger partial charge in [0.15, 0.2) is 11.5 Å². The molecular formula is C19H12O5. The van der Waals surface area contributed by atoms with Crippen molar-refractivity contribution in [3.63, 3.8) is 0 Å². The van der Waals surface area contributed by atoms with Crippen molar-refractivity contribution in [1.29, 1.82) is 0 Å². The summed E-state index contributed by atoms with van der Waals surface area (Å²) >= 11 is 0. The van der Waals surface area contributed by atoms with E-state index >= 15 is 0 Å². The quantitative estimate of drug-likeness (QED) is 0.499. The fourth-order valence-corrected chi connectivity index (χ4v) is 3.15.